The summed E-state index contributed by atoms with van der Waals surface area (Å²) in [7, 11) is 0. The molecule has 0 unspecified atom stereocenters. The number of rotatable bonds is 6. The first-order chi connectivity index (χ1) is 15.8. The zero-order valence-corrected chi connectivity index (χ0v) is 17.7. The summed E-state index contributed by atoms with van der Waals surface area (Å²) >= 11 is 5.91. The molecule has 2 heterocycles. The van der Waals surface area contributed by atoms with Crippen LogP contribution in [0.5, 0.6) is 0 Å². The summed E-state index contributed by atoms with van der Waals surface area (Å²) in [6.45, 7) is -0.412. The molecule has 2 aromatic heterocycles. The Kier molecular flexibility index (Phi) is 6.01. The van der Waals surface area contributed by atoms with Crippen LogP contribution in [-0.2, 0) is 17.9 Å². The number of halogens is 1. The molecule has 0 atom stereocenters. The first-order valence-corrected chi connectivity index (χ1v) is 10.1. The molecule has 2 aromatic carbocycles. The molecule has 0 radical (unpaired) electrons. The third kappa shape index (κ3) is 4.65. The highest BCUT2D eigenvalue weighted by atomic mass is 35.5. The lowest BCUT2D eigenvalue weighted by molar-refractivity contribution is -0.384. The number of amides is 1. The molecule has 1 amide bonds. The van der Waals surface area contributed by atoms with E-state index in [1.807, 2.05) is 0 Å². The van der Waals surface area contributed by atoms with Gasteiger partial charge in [-0.25, -0.2) is 9.78 Å². The lowest BCUT2D eigenvalue weighted by Gasteiger charge is -2.14. The van der Waals surface area contributed by atoms with E-state index in [4.69, 9.17) is 11.6 Å². The number of carbonyl (C=O) groups is 1. The van der Waals surface area contributed by atoms with Gasteiger partial charge in [0.25, 0.3) is 11.2 Å². The van der Waals surface area contributed by atoms with Crippen LogP contribution >= 0.6 is 11.6 Å². The Labute approximate surface area is 190 Å². The van der Waals surface area contributed by atoms with Crippen LogP contribution in [0.25, 0.3) is 11.0 Å². The SMILES string of the molecule is O=C(Cn1c(=O)n(Cc2ccc(Cl)cc2)c(=O)c2ncccc21)Nc1ccc([N+](=O)[O-])cc1. The molecule has 10 nitrogen and oxygen atoms in total. The Morgan fingerprint density at radius 2 is 1.73 bits per heavy atom. The molecule has 166 valence electrons. The summed E-state index contributed by atoms with van der Waals surface area (Å²) in [4.78, 5) is 53.1. The molecule has 4 rings (SSSR count). The number of nitro benzene ring substituents is 1. The number of benzene rings is 2. The van der Waals surface area contributed by atoms with Crippen molar-refractivity contribution in [1.29, 1.82) is 0 Å². The van der Waals surface area contributed by atoms with E-state index in [2.05, 4.69) is 10.3 Å². The molecule has 33 heavy (non-hydrogen) atoms. The van der Waals surface area contributed by atoms with Gasteiger partial charge in [0, 0.05) is 29.0 Å². The molecule has 0 saturated heterocycles. The molecule has 0 bridgehead atoms. The second-order valence-corrected chi connectivity index (χ2v) is 7.55. The molecule has 0 aliphatic carbocycles. The average Bonchev–Trinajstić information content (AvgIpc) is 2.81. The predicted molar refractivity (Wildman–Crippen MR) is 123 cm³/mol. The number of nitro groups is 1. The highest BCUT2D eigenvalue weighted by Crippen LogP contribution is 2.16. The van der Waals surface area contributed by atoms with Crippen molar-refractivity contribution in [3.63, 3.8) is 0 Å². The largest absolute Gasteiger partial charge is 0.332 e. The number of hydrogen-bond acceptors (Lipinski definition) is 6. The van der Waals surface area contributed by atoms with Crippen molar-refractivity contribution in [2.75, 3.05) is 5.32 Å². The zero-order chi connectivity index (χ0) is 23.5. The third-order valence-corrected chi connectivity index (χ3v) is 5.16. The molecule has 0 aliphatic rings. The van der Waals surface area contributed by atoms with Gasteiger partial charge in [0.15, 0.2) is 5.52 Å². The lowest BCUT2D eigenvalue weighted by atomic mass is 10.2. The Balaban J connectivity index is 1.69. The van der Waals surface area contributed by atoms with E-state index in [0.717, 1.165) is 4.57 Å². The van der Waals surface area contributed by atoms with Crippen molar-refractivity contribution in [1.82, 2.24) is 14.1 Å². The molecular weight excluding hydrogens is 450 g/mol. The maximum absolute atomic E-state index is 13.2. The number of anilines is 1. The monoisotopic (exact) mass is 465 g/mol. The lowest BCUT2D eigenvalue weighted by Crippen LogP contribution is -2.42. The van der Waals surface area contributed by atoms with Crippen LogP contribution in [0, 0.1) is 10.1 Å². The van der Waals surface area contributed by atoms with Crippen LogP contribution < -0.4 is 16.6 Å². The molecule has 11 heteroatoms. The topological polar surface area (TPSA) is 129 Å². The first-order valence-electron chi connectivity index (χ1n) is 9.70. The number of nitrogens with zero attached hydrogens (tertiary/aromatic N) is 4. The molecule has 4 aromatic rings. The predicted octanol–water partition coefficient (Wildman–Crippen LogP) is 2.81. The highest BCUT2D eigenvalue weighted by Gasteiger charge is 2.17. The van der Waals surface area contributed by atoms with Crippen LogP contribution in [0.3, 0.4) is 0 Å². The van der Waals surface area contributed by atoms with Gasteiger partial charge >= 0.3 is 5.69 Å². The normalized spacial score (nSPS) is 10.8. The number of aromatic nitrogens is 3. The Morgan fingerprint density at radius 1 is 1.03 bits per heavy atom. The van der Waals surface area contributed by atoms with Crippen LogP contribution in [0.1, 0.15) is 5.56 Å². The molecule has 1 N–H and O–H groups in total. The summed E-state index contributed by atoms with van der Waals surface area (Å²) in [6.07, 6.45) is 1.43. The summed E-state index contributed by atoms with van der Waals surface area (Å²) < 4.78 is 2.18. The molecule has 0 spiro atoms. The van der Waals surface area contributed by atoms with E-state index in [-0.39, 0.29) is 29.8 Å². The fourth-order valence-corrected chi connectivity index (χ4v) is 3.44. The minimum atomic E-state index is -0.672. The minimum Gasteiger partial charge on any atom is -0.325 e. The average molecular weight is 466 g/mol. The number of hydrogen-bond donors (Lipinski definition) is 1. The van der Waals surface area contributed by atoms with E-state index >= 15 is 0 Å². The summed E-state index contributed by atoms with van der Waals surface area (Å²) in [5.74, 6) is -0.548. The zero-order valence-electron chi connectivity index (χ0n) is 17.0. The number of pyridine rings is 1. The van der Waals surface area contributed by atoms with Gasteiger partial charge in [-0.2, -0.15) is 0 Å². The van der Waals surface area contributed by atoms with E-state index < -0.39 is 22.1 Å². The smallest absolute Gasteiger partial charge is 0.325 e. The van der Waals surface area contributed by atoms with Gasteiger partial charge in [0.05, 0.1) is 17.0 Å². The van der Waals surface area contributed by atoms with Crippen molar-refractivity contribution in [3.8, 4) is 0 Å². The van der Waals surface area contributed by atoms with Crippen molar-refractivity contribution in [2.45, 2.75) is 13.1 Å². The van der Waals surface area contributed by atoms with Gasteiger partial charge in [-0.15, -0.1) is 0 Å². The van der Waals surface area contributed by atoms with Gasteiger partial charge in [0.1, 0.15) is 6.54 Å². The van der Waals surface area contributed by atoms with E-state index in [1.165, 1.54) is 41.1 Å². The van der Waals surface area contributed by atoms with Crippen LogP contribution in [0.15, 0.2) is 76.4 Å². The van der Waals surface area contributed by atoms with Gasteiger partial charge in [0.2, 0.25) is 5.91 Å². The standard InChI is InChI=1S/C22H16ClN5O5/c23-15-5-3-14(4-6-15)12-27-21(30)20-18(2-1-11-24-20)26(22(27)31)13-19(29)25-16-7-9-17(10-8-16)28(32)33/h1-11H,12-13H2,(H,25,29). The summed E-state index contributed by atoms with van der Waals surface area (Å²) in [5, 5.41) is 13.9. The molecule has 0 saturated carbocycles. The van der Waals surface area contributed by atoms with Gasteiger partial charge in [-0.05, 0) is 42.0 Å². The van der Waals surface area contributed by atoms with E-state index in [1.54, 1.807) is 30.3 Å². The van der Waals surface area contributed by atoms with E-state index in [9.17, 15) is 24.5 Å². The number of nitrogens with one attached hydrogen (secondary N) is 1. The number of fused-ring (bicyclic) bond motifs is 1. The van der Waals surface area contributed by atoms with Crippen molar-refractivity contribution >= 4 is 39.9 Å². The summed E-state index contributed by atoms with van der Waals surface area (Å²) in [5.41, 5.74) is -0.0818. The molecular formula is C22H16ClN5O5. The fraction of sp³-hybridized carbons (Fsp3) is 0.0909. The number of carbonyl (C=O) groups excluding carboxylic acids is 1. The fourth-order valence-electron chi connectivity index (χ4n) is 3.32. The second-order valence-electron chi connectivity index (χ2n) is 7.11. The van der Waals surface area contributed by atoms with Gasteiger partial charge in [-0.3, -0.25) is 28.8 Å². The molecule has 0 fully saturated rings. The Hall–Kier alpha value is -4.31. The third-order valence-electron chi connectivity index (χ3n) is 4.90. The minimum absolute atomic E-state index is 0.0225. The summed E-state index contributed by atoms with van der Waals surface area (Å²) in [6, 6.07) is 15.1. The van der Waals surface area contributed by atoms with Crippen molar-refractivity contribution in [3.05, 3.63) is 108 Å². The van der Waals surface area contributed by atoms with Crippen LogP contribution in [-0.4, -0.2) is 24.9 Å². The second kappa shape index (κ2) is 9.05. The number of non-ortho nitro benzene ring substituents is 1. The van der Waals surface area contributed by atoms with Crippen molar-refractivity contribution in [2.24, 2.45) is 0 Å². The highest BCUT2D eigenvalue weighted by molar-refractivity contribution is 6.30. The maximum atomic E-state index is 13.2. The van der Waals surface area contributed by atoms with E-state index in [0.29, 0.717) is 16.3 Å². The quantitative estimate of drug-likeness (QED) is 0.344. The maximum Gasteiger partial charge on any atom is 0.332 e. The van der Waals surface area contributed by atoms with Gasteiger partial charge < -0.3 is 5.32 Å². The molecule has 0 aliphatic heterocycles. The Morgan fingerprint density at radius 3 is 2.39 bits per heavy atom. The van der Waals surface area contributed by atoms with Crippen LogP contribution in [0.2, 0.25) is 5.02 Å². The van der Waals surface area contributed by atoms with Crippen LogP contribution in [0.4, 0.5) is 11.4 Å². The first kappa shape index (κ1) is 21.9. The van der Waals surface area contributed by atoms with Gasteiger partial charge in [-0.1, -0.05) is 23.7 Å². The van der Waals surface area contributed by atoms with Crippen molar-refractivity contribution < 1.29 is 9.72 Å². The Bertz CT molecular complexity index is 1480.